The van der Waals surface area contributed by atoms with Gasteiger partial charge in [0.2, 0.25) is 5.91 Å². The number of likely N-dealkylation sites (tertiary alicyclic amines) is 1. The van der Waals surface area contributed by atoms with Gasteiger partial charge in [-0.1, -0.05) is 38.1 Å². The van der Waals surface area contributed by atoms with Gasteiger partial charge in [0.15, 0.2) is 0 Å². The van der Waals surface area contributed by atoms with Crippen molar-refractivity contribution in [3.63, 3.8) is 0 Å². The third-order valence-corrected chi connectivity index (χ3v) is 5.53. The molecule has 1 atom stereocenters. The largest absolute Gasteiger partial charge is 0.348 e. The number of carbonyl (C=O) groups is 2. The smallest absolute Gasteiger partial charge is 0.251 e. The van der Waals surface area contributed by atoms with E-state index in [2.05, 4.69) is 15.5 Å². The first-order valence-corrected chi connectivity index (χ1v) is 10.5. The molecule has 0 saturated carbocycles. The molecule has 1 unspecified atom stereocenters. The van der Waals surface area contributed by atoms with Gasteiger partial charge in [0.1, 0.15) is 0 Å². The number of amides is 2. The summed E-state index contributed by atoms with van der Waals surface area (Å²) >= 11 is 0. The van der Waals surface area contributed by atoms with Crippen LogP contribution < -0.4 is 10.6 Å². The number of benzene rings is 2. The van der Waals surface area contributed by atoms with E-state index < -0.39 is 0 Å². The first-order chi connectivity index (χ1) is 14.0. The molecule has 0 aliphatic carbocycles. The highest BCUT2D eigenvalue weighted by Gasteiger charge is 2.13. The van der Waals surface area contributed by atoms with Crippen LogP contribution in [0.2, 0.25) is 0 Å². The monoisotopic (exact) mass is 393 g/mol. The zero-order valence-corrected chi connectivity index (χ0v) is 17.4. The van der Waals surface area contributed by atoms with Crippen LogP contribution in [0.4, 0.5) is 5.69 Å². The molecule has 2 aromatic carbocycles. The maximum absolute atomic E-state index is 12.5. The molecule has 1 heterocycles. The lowest BCUT2D eigenvalue weighted by atomic mass is 10.1. The molecule has 2 amide bonds. The van der Waals surface area contributed by atoms with Gasteiger partial charge in [0.25, 0.3) is 5.91 Å². The molecule has 154 valence electrons. The van der Waals surface area contributed by atoms with Gasteiger partial charge in [0, 0.05) is 30.3 Å². The molecule has 5 nitrogen and oxygen atoms in total. The van der Waals surface area contributed by atoms with Crippen molar-refractivity contribution in [3.05, 3.63) is 65.2 Å². The van der Waals surface area contributed by atoms with Crippen LogP contribution in [0.1, 0.15) is 54.6 Å². The summed E-state index contributed by atoms with van der Waals surface area (Å²) in [5.74, 6) is -0.0960. The molecule has 1 fully saturated rings. The molecular weight excluding hydrogens is 362 g/mol. The Labute approximate surface area is 173 Å². The Balaban J connectivity index is 1.52. The van der Waals surface area contributed by atoms with Crippen LogP contribution in [0.15, 0.2) is 48.5 Å². The second-order valence-corrected chi connectivity index (χ2v) is 7.86. The van der Waals surface area contributed by atoms with Crippen LogP contribution in [-0.4, -0.2) is 29.8 Å². The molecular formula is C24H31N3O2. The first kappa shape index (κ1) is 21.1. The Morgan fingerprint density at radius 2 is 1.76 bits per heavy atom. The Kier molecular flexibility index (Phi) is 7.42. The zero-order chi connectivity index (χ0) is 20.6. The zero-order valence-electron chi connectivity index (χ0n) is 17.4. The van der Waals surface area contributed by atoms with E-state index in [0.717, 1.165) is 24.2 Å². The molecule has 5 heteroatoms. The van der Waals surface area contributed by atoms with Crippen molar-refractivity contribution in [2.24, 2.45) is 5.92 Å². The van der Waals surface area contributed by atoms with Crippen LogP contribution in [0.3, 0.4) is 0 Å². The number of hydrogen-bond donors (Lipinski definition) is 2. The van der Waals surface area contributed by atoms with Crippen LogP contribution in [0.25, 0.3) is 0 Å². The van der Waals surface area contributed by atoms with E-state index in [1.54, 1.807) is 0 Å². The molecule has 0 aromatic heterocycles. The van der Waals surface area contributed by atoms with E-state index in [4.69, 9.17) is 0 Å². The number of nitrogens with one attached hydrogen (secondary N) is 2. The van der Waals surface area contributed by atoms with Crippen molar-refractivity contribution in [3.8, 4) is 0 Å². The van der Waals surface area contributed by atoms with Crippen LogP contribution >= 0.6 is 0 Å². The lowest BCUT2D eigenvalue weighted by Gasteiger charge is -2.14. The van der Waals surface area contributed by atoms with Crippen molar-refractivity contribution < 1.29 is 9.59 Å². The molecule has 0 radical (unpaired) electrons. The molecule has 29 heavy (non-hydrogen) atoms. The number of hydrogen-bond acceptors (Lipinski definition) is 3. The van der Waals surface area contributed by atoms with Gasteiger partial charge < -0.3 is 10.6 Å². The van der Waals surface area contributed by atoms with Crippen molar-refractivity contribution in [1.29, 1.82) is 0 Å². The van der Waals surface area contributed by atoms with Gasteiger partial charge in [-0.25, -0.2) is 0 Å². The van der Waals surface area contributed by atoms with Crippen molar-refractivity contribution in [2.75, 3.05) is 18.4 Å². The molecule has 1 aliphatic heterocycles. The minimum absolute atomic E-state index is 0.0164. The minimum atomic E-state index is -0.0910. The van der Waals surface area contributed by atoms with Gasteiger partial charge >= 0.3 is 0 Å². The quantitative estimate of drug-likeness (QED) is 0.707. The summed E-state index contributed by atoms with van der Waals surface area (Å²) in [6.45, 7) is 7.61. The molecule has 0 spiro atoms. The van der Waals surface area contributed by atoms with E-state index >= 15 is 0 Å². The summed E-state index contributed by atoms with van der Waals surface area (Å²) in [7, 11) is 0. The minimum Gasteiger partial charge on any atom is -0.348 e. The SMILES string of the molecule is CCC(C)C(=O)Nc1cccc(CNC(=O)c2ccc(CN3CCCC3)cc2)c1. The van der Waals surface area contributed by atoms with E-state index in [1.165, 1.54) is 31.5 Å². The van der Waals surface area contributed by atoms with Crippen molar-refractivity contribution >= 4 is 17.5 Å². The number of anilines is 1. The first-order valence-electron chi connectivity index (χ1n) is 10.5. The second-order valence-electron chi connectivity index (χ2n) is 7.86. The predicted octanol–water partition coefficient (Wildman–Crippen LogP) is 4.20. The number of rotatable bonds is 8. The summed E-state index contributed by atoms with van der Waals surface area (Å²) < 4.78 is 0. The average Bonchev–Trinajstić information content (AvgIpc) is 3.25. The van der Waals surface area contributed by atoms with Crippen LogP contribution in [0.5, 0.6) is 0 Å². The lowest BCUT2D eigenvalue weighted by Crippen LogP contribution is -2.23. The Hall–Kier alpha value is -2.66. The van der Waals surface area contributed by atoms with Gasteiger partial charge in [-0.2, -0.15) is 0 Å². The third kappa shape index (κ3) is 6.16. The summed E-state index contributed by atoms with van der Waals surface area (Å²) in [5.41, 5.74) is 3.61. The topological polar surface area (TPSA) is 61.4 Å². The summed E-state index contributed by atoms with van der Waals surface area (Å²) in [6, 6.07) is 15.5. The van der Waals surface area contributed by atoms with E-state index in [1.807, 2.05) is 62.4 Å². The number of carbonyl (C=O) groups excluding carboxylic acids is 2. The maximum Gasteiger partial charge on any atom is 0.251 e. The highest BCUT2D eigenvalue weighted by Crippen LogP contribution is 2.15. The molecule has 1 saturated heterocycles. The molecule has 0 bridgehead atoms. The number of nitrogens with zero attached hydrogens (tertiary/aromatic N) is 1. The van der Waals surface area contributed by atoms with E-state index in [-0.39, 0.29) is 17.7 Å². The Bertz CT molecular complexity index is 826. The van der Waals surface area contributed by atoms with Crippen molar-refractivity contribution in [2.45, 2.75) is 46.2 Å². The fraction of sp³-hybridized carbons (Fsp3) is 0.417. The standard InChI is InChI=1S/C24H31N3O2/c1-3-18(2)23(28)26-22-8-6-7-20(15-22)16-25-24(29)21-11-9-19(10-12-21)17-27-13-4-5-14-27/h6-12,15,18H,3-5,13-14,16-17H2,1-2H3,(H,25,29)(H,26,28). The average molecular weight is 394 g/mol. The molecule has 3 rings (SSSR count). The van der Waals surface area contributed by atoms with Gasteiger partial charge in [-0.15, -0.1) is 0 Å². The lowest BCUT2D eigenvalue weighted by molar-refractivity contribution is -0.119. The summed E-state index contributed by atoms with van der Waals surface area (Å²) in [5, 5.41) is 5.89. The molecule has 2 aromatic rings. The Morgan fingerprint density at radius 3 is 2.45 bits per heavy atom. The fourth-order valence-corrected chi connectivity index (χ4v) is 3.45. The second kappa shape index (κ2) is 10.2. The van der Waals surface area contributed by atoms with E-state index in [9.17, 15) is 9.59 Å². The van der Waals surface area contributed by atoms with Crippen LogP contribution in [-0.2, 0) is 17.9 Å². The van der Waals surface area contributed by atoms with E-state index in [0.29, 0.717) is 12.1 Å². The predicted molar refractivity (Wildman–Crippen MR) is 117 cm³/mol. The maximum atomic E-state index is 12.5. The van der Waals surface area contributed by atoms with Gasteiger partial charge in [-0.05, 0) is 67.7 Å². The summed E-state index contributed by atoms with van der Waals surface area (Å²) in [6.07, 6.45) is 3.37. The van der Waals surface area contributed by atoms with Gasteiger partial charge in [-0.3, -0.25) is 14.5 Å². The highest BCUT2D eigenvalue weighted by molar-refractivity contribution is 5.94. The fourth-order valence-electron chi connectivity index (χ4n) is 3.45. The molecule has 2 N–H and O–H groups in total. The molecule has 1 aliphatic rings. The van der Waals surface area contributed by atoms with Gasteiger partial charge in [0.05, 0.1) is 0 Å². The van der Waals surface area contributed by atoms with Crippen LogP contribution in [0, 0.1) is 5.92 Å². The summed E-state index contributed by atoms with van der Waals surface area (Å²) in [4.78, 5) is 27.0. The highest BCUT2D eigenvalue weighted by atomic mass is 16.2. The Morgan fingerprint density at radius 1 is 1.03 bits per heavy atom. The third-order valence-electron chi connectivity index (χ3n) is 5.53. The normalized spacial score (nSPS) is 15.1. The van der Waals surface area contributed by atoms with Crippen molar-refractivity contribution in [1.82, 2.24) is 10.2 Å².